The van der Waals surface area contributed by atoms with Gasteiger partial charge in [-0.1, -0.05) is 0 Å². The van der Waals surface area contributed by atoms with E-state index in [0.29, 0.717) is 18.7 Å². The van der Waals surface area contributed by atoms with Crippen molar-refractivity contribution >= 4 is 11.6 Å². The van der Waals surface area contributed by atoms with Gasteiger partial charge in [0.25, 0.3) is 0 Å². The molecule has 0 saturated carbocycles. The van der Waals surface area contributed by atoms with Crippen molar-refractivity contribution in [3.8, 4) is 0 Å². The molecule has 17 heavy (non-hydrogen) atoms. The third kappa shape index (κ3) is 1.92. The molecule has 0 bridgehead atoms. The zero-order valence-corrected chi connectivity index (χ0v) is 9.03. The van der Waals surface area contributed by atoms with E-state index >= 15 is 0 Å². The van der Waals surface area contributed by atoms with E-state index in [4.69, 9.17) is 0 Å². The Bertz CT molecular complexity index is 517. The number of nitrogens with one attached hydrogen (secondary N) is 4. The van der Waals surface area contributed by atoms with Crippen molar-refractivity contribution in [2.24, 2.45) is 0 Å². The molecule has 2 aromatic heterocycles. The second kappa shape index (κ2) is 4.02. The van der Waals surface area contributed by atoms with Crippen molar-refractivity contribution in [3.63, 3.8) is 0 Å². The number of carbonyl (C=O) groups is 1. The summed E-state index contributed by atoms with van der Waals surface area (Å²) in [5.74, 6) is -0.0694. The highest BCUT2D eigenvalue weighted by Crippen LogP contribution is 2.13. The molecule has 0 saturated heterocycles. The summed E-state index contributed by atoms with van der Waals surface area (Å²) >= 11 is 0. The minimum Gasteiger partial charge on any atom is -0.347 e. The van der Waals surface area contributed by atoms with Crippen LogP contribution in [-0.4, -0.2) is 32.1 Å². The fourth-order valence-electron chi connectivity index (χ4n) is 1.90. The third-order valence-electron chi connectivity index (χ3n) is 2.81. The number of nitrogens with zero attached hydrogens (tertiary/aromatic N) is 2. The molecule has 88 valence electrons. The van der Waals surface area contributed by atoms with Crippen LogP contribution in [0.2, 0.25) is 0 Å². The summed E-state index contributed by atoms with van der Waals surface area (Å²) in [6.07, 6.45) is 5.46. The molecule has 1 aliphatic rings. The fourth-order valence-corrected chi connectivity index (χ4v) is 1.90. The lowest BCUT2D eigenvalue weighted by Gasteiger charge is -2.21. The number of carbonyl (C=O) groups excluding carboxylic acids is 1. The SMILES string of the molecule is O=C(Nc1cn[nH]c1)C1Cc2nc[nH]c2CN1. The van der Waals surface area contributed by atoms with E-state index in [1.807, 2.05) is 0 Å². The average Bonchev–Trinajstić information content (AvgIpc) is 2.97. The Balaban J connectivity index is 1.68. The van der Waals surface area contributed by atoms with E-state index in [1.54, 1.807) is 18.7 Å². The molecule has 7 heteroatoms. The normalized spacial score (nSPS) is 18.7. The summed E-state index contributed by atoms with van der Waals surface area (Å²) in [6.45, 7) is 0.638. The fraction of sp³-hybridized carbons (Fsp3) is 0.300. The molecule has 1 aliphatic heterocycles. The maximum atomic E-state index is 11.9. The number of aromatic amines is 2. The van der Waals surface area contributed by atoms with Gasteiger partial charge in [-0.25, -0.2) is 4.98 Å². The second-order valence-corrected chi connectivity index (χ2v) is 3.94. The van der Waals surface area contributed by atoms with Crippen LogP contribution in [0.1, 0.15) is 11.4 Å². The largest absolute Gasteiger partial charge is 0.347 e. The van der Waals surface area contributed by atoms with Crippen LogP contribution in [0, 0.1) is 0 Å². The first-order chi connectivity index (χ1) is 8.33. The summed E-state index contributed by atoms with van der Waals surface area (Å²) in [6, 6.07) is -0.249. The first-order valence-electron chi connectivity index (χ1n) is 5.37. The molecule has 0 fully saturated rings. The number of hydrogen-bond donors (Lipinski definition) is 4. The van der Waals surface area contributed by atoms with Crippen molar-refractivity contribution in [2.75, 3.05) is 5.32 Å². The lowest BCUT2D eigenvalue weighted by atomic mass is 10.0. The Morgan fingerprint density at radius 1 is 1.53 bits per heavy atom. The topological polar surface area (TPSA) is 98.5 Å². The Labute approximate surface area is 97.0 Å². The molecule has 2 aromatic rings. The van der Waals surface area contributed by atoms with Gasteiger partial charge >= 0.3 is 0 Å². The maximum Gasteiger partial charge on any atom is 0.242 e. The first kappa shape index (κ1) is 10.0. The number of imidazole rings is 1. The molecule has 0 aromatic carbocycles. The molecule has 1 amide bonds. The zero-order chi connectivity index (χ0) is 11.7. The lowest BCUT2D eigenvalue weighted by Crippen LogP contribution is -2.44. The van der Waals surface area contributed by atoms with Gasteiger partial charge in [0, 0.05) is 19.2 Å². The van der Waals surface area contributed by atoms with Crippen LogP contribution in [0.4, 0.5) is 5.69 Å². The van der Waals surface area contributed by atoms with Crippen LogP contribution in [0.15, 0.2) is 18.7 Å². The molecular weight excluding hydrogens is 220 g/mol. The Morgan fingerprint density at radius 2 is 2.47 bits per heavy atom. The van der Waals surface area contributed by atoms with Crippen LogP contribution < -0.4 is 10.6 Å². The Kier molecular flexibility index (Phi) is 2.37. The minimum atomic E-state index is -0.249. The van der Waals surface area contributed by atoms with Gasteiger partial charge in [0.2, 0.25) is 5.91 Å². The van der Waals surface area contributed by atoms with Crippen LogP contribution in [0.5, 0.6) is 0 Å². The molecule has 1 unspecified atom stereocenters. The molecule has 0 spiro atoms. The van der Waals surface area contributed by atoms with Gasteiger partial charge < -0.3 is 10.3 Å². The number of aromatic nitrogens is 4. The van der Waals surface area contributed by atoms with E-state index in [9.17, 15) is 4.79 Å². The van der Waals surface area contributed by atoms with E-state index in [2.05, 4.69) is 30.8 Å². The number of amides is 1. The summed E-state index contributed by atoms with van der Waals surface area (Å²) in [4.78, 5) is 19.2. The van der Waals surface area contributed by atoms with Gasteiger partial charge in [-0.05, 0) is 0 Å². The van der Waals surface area contributed by atoms with E-state index in [1.165, 1.54) is 0 Å². The van der Waals surface area contributed by atoms with Gasteiger partial charge in [-0.2, -0.15) is 5.10 Å². The number of fused-ring (bicyclic) bond motifs is 1. The first-order valence-corrected chi connectivity index (χ1v) is 5.37. The average molecular weight is 232 g/mol. The van der Waals surface area contributed by atoms with Gasteiger partial charge in [0.1, 0.15) is 0 Å². The highest BCUT2D eigenvalue weighted by Gasteiger charge is 2.25. The number of H-pyrrole nitrogens is 2. The molecule has 7 nitrogen and oxygen atoms in total. The maximum absolute atomic E-state index is 11.9. The Hall–Kier alpha value is -2.15. The molecule has 3 heterocycles. The summed E-state index contributed by atoms with van der Waals surface area (Å²) in [7, 11) is 0. The van der Waals surface area contributed by atoms with Crippen LogP contribution in [-0.2, 0) is 17.8 Å². The predicted molar refractivity (Wildman–Crippen MR) is 60.1 cm³/mol. The number of rotatable bonds is 2. The molecule has 1 atom stereocenters. The van der Waals surface area contributed by atoms with Crippen molar-refractivity contribution < 1.29 is 4.79 Å². The second-order valence-electron chi connectivity index (χ2n) is 3.94. The van der Waals surface area contributed by atoms with Gasteiger partial charge in [0.15, 0.2) is 0 Å². The molecular formula is C10H12N6O. The van der Waals surface area contributed by atoms with Crippen LogP contribution in [0.3, 0.4) is 0 Å². The number of anilines is 1. The zero-order valence-electron chi connectivity index (χ0n) is 9.03. The van der Waals surface area contributed by atoms with Crippen molar-refractivity contribution in [1.29, 1.82) is 0 Å². The van der Waals surface area contributed by atoms with Gasteiger partial charge in [-0.15, -0.1) is 0 Å². The number of hydrogen-bond acceptors (Lipinski definition) is 4. The van der Waals surface area contributed by atoms with Gasteiger partial charge in [-0.3, -0.25) is 15.2 Å². The molecule has 4 N–H and O–H groups in total. The standard InChI is InChI=1S/C10H12N6O/c17-10(16-6-2-14-15-3-6)8-1-7-9(4-11-8)13-5-12-7/h2-3,5,8,11H,1,4H2,(H,12,13)(H,14,15)(H,16,17). The minimum absolute atomic E-state index is 0.0694. The van der Waals surface area contributed by atoms with Crippen LogP contribution in [0.25, 0.3) is 0 Å². The van der Waals surface area contributed by atoms with Gasteiger partial charge in [0.05, 0.1) is 35.6 Å². The molecule has 3 rings (SSSR count). The molecule has 0 radical (unpaired) electrons. The quantitative estimate of drug-likeness (QED) is 0.575. The third-order valence-corrected chi connectivity index (χ3v) is 2.81. The van der Waals surface area contributed by atoms with E-state index in [-0.39, 0.29) is 11.9 Å². The summed E-state index contributed by atoms with van der Waals surface area (Å²) in [5, 5.41) is 12.4. The van der Waals surface area contributed by atoms with Crippen molar-refractivity contribution in [3.05, 3.63) is 30.1 Å². The summed E-state index contributed by atoms with van der Waals surface area (Å²) < 4.78 is 0. The van der Waals surface area contributed by atoms with E-state index < -0.39 is 0 Å². The van der Waals surface area contributed by atoms with Crippen LogP contribution >= 0.6 is 0 Å². The smallest absolute Gasteiger partial charge is 0.242 e. The lowest BCUT2D eigenvalue weighted by molar-refractivity contribution is -0.118. The monoisotopic (exact) mass is 232 g/mol. The highest BCUT2D eigenvalue weighted by molar-refractivity contribution is 5.94. The highest BCUT2D eigenvalue weighted by atomic mass is 16.2. The predicted octanol–water partition coefficient (Wildman–Crippen LogP) is -0.214. The van der Waals surface area contributed by atoms with E-state index in [0.717, 1.165) is 11.4 Å². The van der Waals surface area contributed by atoms with Crippen molar-refractivity contribution in [1.82, 2.24) is 25.5 Å². The summed E-state index contributed by atoms with van der Waals surface area (Å²) in [5.41, 5.74) is 2.68. The molecule has 0 aliphatic carbocycles. The Morgan fingerprint density at radius 3 is 3.29 bits per heavy atom. The van der Waals surface area contributed by atoms with Crippen molar-refractivity contribution in [2.45, 2.75) is 19.0 Å².